The zero-order valence-corrected chi connectivity index (χ0v) is 14.7. The van der Waals surface area contributed by atoms with E-state index >= 15 is 0 Å². The van der Waals surface area contributed by atoms with Gasteiger partial charge in [-0.25, -0.2) is 4.90 Å². The number of benzene rings is 2. The van der Waals surface area contributed by atoms with E-state index in [0.717, 1.165) is 16.6 Å². The summed E-state index contributed by atoms with van der Waals surface area (Å²) in [4.78, 5) is 40.6. The predicted molar refractivity (Wildman–Crippen MR) is 104 cm³/mol. The summed E-state index contributed by atoms with van der Waals surface area (Å²) in [6, 6.07) is 13.7. The Labute approximate surface area is 155 Å². The van der Waals surface area contributed by atoms with Crippen molar-refractivity contribution in [2.24, 2.45) is 0 Å². The van der Waals surface area contributed by atoms with Gasteiger partial charge in [0.25, 0.3) is 5.91 Å². The molecule has 3 aromatic rings. The maximum Gasteiger partial charge on any atom is 0.256 e. The highest BCUT2D eigenvalue weighted by molar-refractivity contribution is 6.23. The van der Waals surface area contributed by atoms with Crippen LogP contribution in [0.1, 0.15) is 13.3 Å². The molecule has 0 unspecified atom stereocenters. The first-order chi connectivity index (χ1) is 13.0. The fourth-order valence-electron chi connectivity index (χ4n) is 3.25. The number of amides is 3. The zero-order valence-electron chi connectivity index (χ0n) is 14.7. The van der Waals surface area contributed by atoms with Crippen LogP contribution in [-0.2, 0) is 14.4 Å². The Morgan fingerprint density at radius 3 is 2.56 bits per heavy atom. The van der Waals surface area contributed by atoms with E-state index in [1.807, 2.05) is 30.5 Å². The van der Waals surface area contributed by atoms with Gasteiger partial charge < -0.3 is 15.6 Å². The second-order valence-corrected chi connectivity index (χ2v) is 6.48. The third-order valence-corrected chi connectivity index (χ3v) is 4.49. The number of anilines is 3. The number of nitrogens with one attached hydrogen (secondary N) is 3. The minimum atomic E-state index is -0.611. The molecule has 0 saturated carbocycles. The van der Waals surface area contributed by atoms with E-state index in [2.05, 4.69) is 15.6 Å². The second kappa shape index (κ2) is 6.60. The average molecular weight is 362 g/mol. The first-order valence-electron chi connectivity index (χ1n) is 8.59. The van der Waals surface area contributed by atoms with E-state index in [-0.39, 0.29) is 24.1 Å². The van der Waals surface area contributed by atoms with Crippen molar-refractivity contribution in [2.45, 2.75) is 19.4 Å². The molecule has 3 N–H and O–H groups in total. The predicted octanol–water partition coefficient (Wildman–Crippen LogP) is 2.87. The van der Waals surface area contributed by atoms with Gasteiger partial charge in [0, 0.05) is 30.0 Å². The average Bonchev–Trinajstić information content (AvgIpc) is 3.20. The molecule has 27 heavy (non-hydrogen) atoms. The van der Waals surface area contributed by atoms with Gasteiger partial charge in [-0.1, -0.05) is 6.07 Å². The number of hydrogen-bond acceptors (Lipinski definition) is 4. The molecule has 7 nitrogen and oxygen atoms in total. The van der Waals surface area contributed by atoms with Crippen LogP contribution in [0.3, 0.4) is 0 Å². The Bertz CT molecular complexity index is 1040. The van der Waals surface area contributed by atoms with Gasteiger partial charge in [0.2, 0.25) is 11.8 Å². The molecule has 1 fully saturated rings. The first kappa shape index (κ1) is 16.8. The summed E-state index contributed by atoms with van der Waals surface area (Å²) < 4.78 is 0. The van der Waals surface area contributed by atoms with Crippen molar-refractivity contribution in [3.05, 3.63) is 54.7 Å². The van der Waals surface area contributed by atoms with E-state index in [1.165, 1.54) is 11.8 Å². The summed E-state index contributed by atoms with van der Waals surface area (Å²) in [5.74, 6) is -0.732. The molecule has 0 radical (unpaired) electrons. The Hall–Kier alpha value is -3.61. The molecule has 0 aliphatic carbocycles. The van der Waals surface area contributed by atoms with Crippen molar-refractivity contribution < 1.29 is 14.4 Å². The van der Waals surface area contributed by atoms with E-state index in [4.69, 9.17) is 0 Å². The van der Waals surface area contributed by atoms with Crippen LogP contribution in [0, 0.1) is 0 Å². The van der Waals surface area contributed by atoms with Gasteiger partial charge in [-0.3, -0.25) is 14.4 Å². The molecular formula is C20H18N4O3. The number of carbonyl (C=O) groups excluding carboxylic acids is 3. The lowest BCUT2D eigenvalue weighted by Crippen LogP contribution is -2.34. The highest BCUT2D eigenvalue weighted by Gasteiger charge is 2.39. The molecule has 1 atom stereocenters. The van der Waals surface area contributed by atoms with E-state index < -0.39 is 6.04 Å². The molecular weight excluding hydrogens is 344 g/mol. The molecule has 2 heterocycles. The van der Waals surface area contributed by atoms with Crippen molar-refractivity contribution in [1.82, 2.24) is 4.98 Å². The Balaban J connectivity index is 1.51. The van der Waals surface area contributed by atoms with Crippen molar-refractivity contribution in [2.75, 3.05) is 15.5 Å². The second-order valence-electron chi connectivity index (χ2n) is 6.48. The summed E-state index contributed by atoms with van der Waals surface area (Å²) in [5.41, 5.74) is 2.84. The summed E-state index contributed by atoms with van der Waals surface area (Å²) in [6.07, 6.45) is 1.94. The van der Waals surface area contributed by atoms with Crippen molar-refractivity contribution in [3.63, 3.8) is 0 Å². The molecule has 1 aliphatic rings. The summed E-state index contributed by atoms with van der Waals surface area (Å²) in [5, 5.41) is 6.89. The molecule has 136 valence electrons. The molecule has 2 aromatic carbocycles. The SMILES string of the molecule is CC(=O)Nc1ccc(N2C(=O)C[C@@H](Nc3ccc4cc[nH]c4c3)C2=O)cc1. The van der Waals surface area contributed by atoms with Gasteiger partial charge in [0.05, 0.1) is 12.1 Å². The van der Waals surface area contributed by atoms with E-state index in [0.29, 0.717) is 11.4 Å². The maximum absolute atomic E-state index is 12.8. The highest BCUT2D eigenvalue weighted by Crippen LogP contribution is 2.27. The Morgan fingerprint density at radius 1 is 1.07 bits per heavy atom. The van der Waals surface area contributed by atoms with Crippen LogP contribution in [0.5, 0.6) is 0 Å². The van der Waals surface area contributed by atoms with Gasteiger partial charge >= 0.3 is 0 Å². The van der Waals surface area contributed by atoms with Gasteiger partial charge in [0.15, 0.2) is 0 Å². The standard InChI is InChI=1S/C20H18N4O3/c1-12(25)22-14-4-6-16(7-5-14)24-19(26)11-18(20(24)27)23-15-3-2-13-8-9-21-17(13)10-15/h2-10,18,21,23H,11H2,1H3,(H,22,25)/t18-/m1/s1. The van der Waals surface area contributed by atoms with Crippen molar-refractivity contribution in [3.8, 4) is 0 Å². The number of rotatable bonds is 4. The smallest absolute Gasteiger partial charge is 0.256 e. The lowest BCUT2D eigenvalue weighted by atomic mass is 10.2. The number of fused-ring (bicyclic) bond motifs is 1. The topological polar surface area (TPSA) is 94.3 Å². The lowest BCUT2D eigenvalue weighted by Gasteiger charge is -2.16. The van der Waals surface area contributed by atoms with Gasteiger partial charge in [-0.05, 0) is 47.9 Å². The van der Waals surface area contributed by atoms with Crippen molar-refractivity contribution in [1.29, 1.82) is 0 Å². The molecule has 0 bridgehead atoms. The van der Waals surface area contributed by atoms with Crippen molar-refractivity contribution >= 4 is 45.7 Å². The third-order valence-electron chi connectivity index (χ3n) is 4.49. The van der Waals surface area contributed by atoms with E-state index in [1.54, 1.807) is 24.3 Å². The molecule has 1 saturated heterocycles. The summed E-state index contributed by atoms with van der Waals surface area (Å²) in [7, 11) is 0. The third kappa shape index (κ3) is 3.27. The first-order valence-corrected chi connectivity index (χ1v) is 8.59. The van der Waals surface area contributed by atoms with Crippen LogP contribution in [0.25, 0.3) is 10.9 Å². The summed E-state index contributed by atoms with van der Waals surface area (Å²) in [6.45, 7) is 1.42. The van der Waals surface area contributed by atoms with Gasteiger partial charge in [-0.2, -0.15) is 0 Å². The number of aromatic amines is 1. The van der Waals surface area contributed by atoms with Gasteiger partial charge in [-0.15, -0.1) is 0 Å². The Kier molecular flexibility index (Phi) is 4.12. The number of H-pyrrole nitrogens is 1. The van der Waals surface area contributed by atoms with Crippen LogP contribution < -0.4 is 15.5 Å². The minimum absolute atomic E-state index is 0.0923. The molecule has 1 aromatic heterocycles. The highest BCUT2D eigenvalue weighted by atomic mass is 16.2. The zero-order chi connectivity index (χ0) is 19.0. The van der Waals surface area contributed by atoms with Crippen LogP contribution in [-0.4, -0.2) is 28.7 Å². The van der Waals surface area contributed by atoms with Gasteiger partial charge in [0.1, 0.15) is 6.04 Å². The molecule has 4 rings (SSSR count). The minimum Gasteiger partial charge on any atom is -0.373 e. The normalized spacial score (nSPS) is 16.8. The Morgan fingerprint density at radius 2 is 1.81 bits per heavy atom. The van der Waals surface area contributed by atoms with E-state index in [9.17, 15) is 14.4 Å². The van der Waals surface area contributed by atoms with Crippen LogP contribution in [0.4, 0.5) is 17.1 Å². The fraction of sp³-hybridized carbons (Fsp3) is 0.150. The quantitative estimate of drug-likeness (QED) is 0.622. The molecule has 0 spiro atoms. The number of carbonyl (C=O) groups is 3. The molecule has 1 aliphatic heterocycles. The number of nitrogens with zero attached hydrogens (tertiary/aromatic N) is 1. The van der Waals surface area contributed by atoms with Crippen LogP contribution in [0.15, 0.2) is 54.7 Å². The number of hydrogen-bond donors (Lipinski definition) is 3. The number of aromatic nitrogens is 1. The largest absolute Gasteiger partial charge is 0.373 e. The summed E-state index contributed by atoms with van der Waals surface area (Å²) >= 11 is 0. The fourth-order valence-corrected chi connectivity index (χ4v) is 3.25. The lowest BCUT2D eigenvalue weighted by molar-refractivity contribution is -0.121. The number of imide groups is 1. The molecule has 7 heteroatoms. The van der Waals surface area contributed by atoms with Crippen LogP contribution >= 0.6 is 0 Å². The maximum atomic E-state index is 12.8. The molecule has 3 amide bonds. The monoisotopic (exact) mass is 362 g/mol. The van der Waals surface area contributed by atoms with Crippen LogP contribution in [0.2, 0.25) is 0 Å².